The predicted molar refractivity (Wildman–Crippen MR) is 90.7 cm³/mol. The van der Waals surface area contributed by atoms with Gasteiger partial charge in [-0.25, -0.2) is 4.98 Å². The van der Waals surface area contributed by atoms with Crippen LogP contribution < -0.4 is 5.32 Å². The number of hydrogen-bond acceptors (Lipinski definition) is 3. The SMILES string of the molecule is CCc1ccccc1NC(=O)CN(C)C(=O)c1ccnc(Cl)c1. The van der Waals surface area contributed by atoms with Crippen molar-refractivity contribution in [2.75, 3.05) is 18.9 Å². The van der Waals surface area contributed by atoms with Crippen molar-refractivity contribution in [3.05, 3.63) is 58.9 Å². The summed E-state index contributed by atoms with van der Waals surface area (Å²) >= 11 is 5.78. The Labute approximate surface area is 140 Å². The van der Waals surface area contributed by atoms with E-state index in [0.29, 0.717) is 5.56 Å². The summed E-state index contributed by atoms with van der Waals surface area (Å²) in [6, 6.07) is 10.6. The molecule has 0 atom stereocenters. The van der Waals surface area contributed by atoms with Gasteiger partial charge in [0, 0.05) is 24.5 Å². The molecule has 1 N–H and O–H groups in total. The molecule has 0 fully saturated rings. The standard InChI is InChI=1S/C17H18ClN3O2/c1-3-12-6-4-5-7-14(12)20-16(22)11-21(2)17(23)13-8-9-19-15(18)10-13/h4-10H,3,11H2,1-2H3,(H,20,22). The normalized spacial score (nSPS) is 10.2. The number of hydrogen-bond donors (Lipinski definition) is 1. The van der Waals surface area contributed by atoms with Gasteiger partial charge in [0.25, 0.3) is 5.91 Å². The Balaban J connectivity index is 2.01. The number of aryl methyl sites for hydroxylation is 1. The van der Waals surface area contributed by atoms with Gasteiger partial charge in [0.2, 0.25) is 5.91 Å². The van der Waals surface area contributed by atoms with Crippen LogP contribution in [0.5, 0.6) is 0 Å². The summed E-state index contributed by atoms with van der Waals surface area (Å²) in [6.07, 6.45) is 2.28. The molecule has 2 aromatic rings. The summed E-state index contributed by atoms with van der Waals surface area (Å²) in [7, 11) is 1.57. The number of nitrogens with zero attached hydrogens (tertiary/aromatic N) is 2. The first-order valence-corrected chi connectivity index (χ1v) is 7.63. The van der Waals surface area contributed by atoms with E-state index in [0.717, 1.165) is 17.7 Å². The summed E-state index contributed by atoms with van der Waals surface area (Å²) in [5.74, 6) is -0.532. The molecule has 23 heavy (non-hydrogen) atoms. The zero-order valence-corrected chi connectivity index (χ0v) is 13.8. The van der Waals surface area contributed by atoms with Crippen molar-refractivity contribution < 1.29 is 9.59 Å². The summed E-state index contributed by atoms with van der Waals surface area (Å²) < 4.78 is 0. The predicted octanol–water partition coefficient (Wildman–Crippen LogP) is 3.01. The third kappa shape index (κ3) is 4.53. The highest BCUT2D eigenvalue weighted by Crippen LogP contribution is 2.15. The molecular weight excluding hydrogens is 314 g/mol. The monoisotopic (exact) mass is 331 g/mol. The van der Waals surface area contributed by atoms with Gasteiger partial charge in [-0.15, -0.1) is 0 Å². The molecule has 1 heterocycles. The molecule has 0 saturated carbocycles. The molecule has 1 aromatic carbocycles. The van der Waals surface area contributed by atoms with Crippen molar-refractivity contribution in [3.8, 4) is 0 Å². The molecule has 0 aliphatic heterocycles. The quantitative estimate of drug-likeness (QED) is 0.857. The molecule has 0 unspecified atom stereocenters. The van der Waals surface area contributed by atoms with Crippen LogP contribution in [0.25, 0.3) is 0 Å². The van der Waals surface area contributed by atoms with Crippen molar-refractivity contribution in [2.45, 2.75) is 13.3 Å². The number of aromatic nitrogens is 1. The van der Waals surface area contributed by atoms with Crippen molar-refractivity contribution in [2.24, 2.45) is 0 Å². The summed E-state index contributed by atoms with van der Waals surface area (Å²) in [5.41, 5.74) is 2.22. The van der Waals surface area contributed by atoms with Gasteiger partial charge in [-0.05, 0) is 30.2 Å². The number of likely N-dealkylation sites (N-methyl/N-ethyl adjacent to an activating group) is 1. The van der Waals surface area contributed by atoms with Crippen LogP contribution in [-0.4, -0.2) is 35.3 Å². The number of benzene rings is 1. The van der Waals surface area contributed by atoms with Crippen LogP contribution in [0.3, 0.4) is 0 Å². The molecule has 0 saturated heterocycles. The van der Waals surface area contributed by atoms with Crippen molar-refractivity contribution >= 4 is 29.1 Å². The Kier molecular flexibility index (Phi) is 5.71. The summed E-state index contributed by atoms with van der Waals surface area (Å²) in [5, 5.41) is 3.08. The molecule has 0 bridgehead atoms. The maximum Gasteiger partial charge on any atom is 0.254 e. The first-order chi connectivity index (χ1) is 11.0. The number of pyridine rings is 1. The lowest BCUT2D eigenvalue weighted by atomic mass is 10.1. The van der Waals surface area contributed by atoms with E-state index in [1.54, 1.807) is 13.1 Å². The number of carbonyl (C=O) groups excluding carboxylic acids is 2. The Bertz CT molecular complexity index is 718. The van der Waals surface area contributed by atoms with Gasteiger partial charge in [-0.2, -0.15) is 0 Å². The minimum atomic E-state index is -0.284. The molecule has 6 heteroatoms. The van der Waals surface area contributed by atoms with E-state index in [2.05, 4.69) is 10.3 Å². The van der Waals surface area contributed by atoms with Gasteiger partial charge < -0.3 is 10.2 Å². The second-order valence-electron chi connectivity index (χ2n) is 5.09. The van der Waals surface area contributed by atoms with E-state index in [1.807, 2.05) is 31.2 Å². The van der Waals surface area contributed by atoms with Crippen molar-refractivity contribution in [1.29, 1.82) is 0 Å². The van der Waals surface area contributed by atoms with E-state index in [-0.39, 0.29) is 23.5 Å². The zero-order chi connectivity index (χ0) is 16.8. The van der Waals surface area contributed by atoms with Gasteiger partial charge in [0.1, 0.15) is 5.15 Å². The average molecular weight is 332 g/mol. The minimum absolute atomic E-state index is 0.0448. The Morgan fingerprint density at radius 3 is 2.70 bits per heavy atom. The highest BCUT2D eigenvalue weighted by atomic mass is 35.5. The van der Waals surface area contributed by atoms with Crippen LogP contribution in [-0.2, 0) is 11.2 Å². The second kappa shape index (κ2) is 7.74. The maximum absolute atomic E-state index is 12.3. The van der Waals surface area contributed by atoms with E-state index in [4.69, 9.17) is 11.6 Å². The highest BCUT2D eigenvalue weighted by molar-refractivity contribution is 6.29. The van der Waals surface area contributed by atoms with Crippen LogP contribution >= 0.6 is 11.6 Å². The number of halogens is 1. The number of carbonyl (C=O) groups is 2. The molecular formula is C17H18ClN3O2. The number of rotatable bonds is 5. The molecule has 1 aromatic heterocycles. The van der Waals surface area contributed by atoms with E-state index >= 15 is 0 Å². The van der Waals surface area contributed by atoms with Crippen LogP contribution in [0.2, 0.25) is 5.15 Å². The first-order valence-electron chi connectivity index (χ1n) is 7.26. The number of anilines is 1. The van der Waals surface area contributed by atoms with Crippen LogP contribution in [0.4, 0.5) is 5.69 Å². The average Bonchev–Trinajstić information content (AvgIpc) is 2.54. The van der Waals surface area contributed by atoms with Gasteiger partial charge >= 0.3 is 0 Å². The first kappa shape index (κ1) is 17.0. The molecule has 2 rings (SSSR count). The Morgan fingerprint density at radius 2 is 2.00 bits per heavy atom. The topological polar surface area (TPSA) is 62.3 Å². The van der Waals surface area contributed by atoms with Gasteiger partial charge in [-0.3, -0.25) is 9.59 Å². The fourth-order valence-electron chi connectivity index (χ4n) is 2.18. The van der Waals surface area contributed by atoms with Crippen molar-refractivity contribution in [3.63, 3.8) is 0 Å². The van der Waals surface area contributed by atoms with Crippen LogP contribution in [0, 0.1) is 0 Å². The Morgan fingerprint density at radius 1 is 1.26 bits per heavy atom. The zero-order valence-electron chi connectivity index (χ0n) is 13.0. The van der Waals surface area contributed by atoms with Crippen molar-refractivity contribution in [1.82, 2.24) is 9.88 Å². The lowest BCUT2D eigenvalue weighted by molar-refractivity contribution is -0.116. The summed E-state index contributed by atoms with van der Waals surface area (Å²) in [6.45, 7) is 1.98. The van der Waals surface area contributed by atoms with E-state index in [1.165, 1.54) is 17.2 Å². The molecule has 0 radical (unpaired) electrons. The van der Waals surface area contributed by atoms with Gasteiger partial charge in [0.05, 0.1) is 6.54 Å². The van der Waals surface area contributed by atoms with E-state index < -0.39 is 0 Å². The molecule has 2 amide bonds. The fourth-order valence-corrected chi connectivity index (χ4v) is 2.36. The molecule has 0 aliphatic carbocycles. The minimum Gasteiger partial charge on any atom is -0.332 e. The van der Waals surface area contributed by atoms with E-state index in [9.17, 15) is 9.59 Å². The lowest BCUT2D eigenvalue weighted by Crippen LogP contribution is -2.35. The fraction of sp³-hybridized carbons (Fsp3) is 0.235. The lowest BCUT2D eigenvalue weighted by Gasteiger charge is -2.17. The molecule has 120 valence electrons. The third-order valence-corrected chi connectivity index (χ3v) is 3.58. The van der Waals surface area contributed by atoms with Gasteiger partial charge in [0.15, 0.2) is 0 Å². The molecule has 0 aliphatic rings. The largest absolute Gasteiger partial charge is 0.332 e. The molecule has 0 spiro atoms. The maximum atomic E-state index is 12.3. The van der Waals surface area contributed by atoms with Crippen LogP contribution in [0.1, 0.15) is 22.8 Å². The van der Waals surface area contributed by atoms with Crippen LogP contribution in [0.15, 0.2) is 42.6 Å². The number of nitrogens with one attached hydrogen (secondary N) is 1. The van der Waals surface area contributed by atoms with Gasteiger partial charge in [-0.1, -0.05) is 36.7 Å². The third-order valence-electron chi connectivity index (χ3n) is 3.37. The second-order valence-corrected chi connectivity index (χ2v) is 5.47. The molecule has 5 nitrogen and oxygen atoms in total. The highest BCUT2D eigenvalue weighted by Gasteiger charge is 2.16. The smallest absolute Gasteiger partial charge is 0.254 e. The number of amides is 2. The summed E-state index contributed by atoms with van der Waals surface area (Å²) in [4.78, 5) is 29.6. The number of para-hydroxylation sites is 1. The Hall–Kier alpha value is -2.40.